The highest BCUT2D eigenvalue weighted by atomic mass is 127. The number of piperidine rings is 1. The fourth-order valence-corrected chi connectivity index (χ4v) is 2.04. The van der Waals surface area contributed by atoms with Crippen LogP contribution < -0.4 is 5.73 Å². The van der Waals surface area contributed by atoms with Gasteiger partial charge in [-0.25, -0.2) is 4.99 Å². The lowest BCUT2D eigenvalue weighted by atomic mass is 10.0. The number of hydrogen-bond donors (Lipinski definition) is 1. The van der Waals surface area contributed by atoms with Gasteiger partial charge in [-0.05, 0) is 24.0 Å². The minimum Gasteiger partial charge on any atom is -0.370 e. The molecule has 1 aromatic rings. The Hall–Kier alpha value is -0.930. The maximum absolute atomic E-state index is 5.96. The van der Waals surface area contributed by atoms with Crippen molar-refractivity contribution in [1.82, 2.24) is 25.1 Å². The molecular formula is C10H20IN7. The molecule has 0 bridgehead atoms. The van der Waals surface area contributed by atoms with E-state index in [-0.39, 0.29) is 24.0 Å². The third kappa shape index (κ3) is 4.07. The van der Waals surface area contributed by atoms with Crippen molar-refractivity contribution in [2.24, 2.45) is 23.7 Å². The lowest BCUT2D eigenvalue weighted by Gasteiger charge is -2.31. The van der Waals surface area contributed by atoms with Gasteiger partial charge in [-0.1, -0.05) is 6.92 Å². The fourth-order valence-electron chi connectivity index (χ4n) is 2.04. The topological polar surface area (TPSA) is 85.2 Å². The van der Waals surface area contributed by atoms with E-state index in [2.05, 4.69) is 32.2 Å². The smallest absolute Gasteiger partial charge is 0.196 e. The number of nitrogens with two attached hydrogens (primary N) is 1. The number of halogens is 1. The van der Waals surface area contributed by atoms with Gasteiger partial charge >= 0.3 is 0 Å². The summed E-state index contributed by atoms with van der Waals surface area (Å²) in [5, 5.41) is 11.7. The van der Waals surface area contributed by atoms with Gasteiger partial charge < -0.3 is 10.6 Å². The predicted molar refractivity (Wildman–Crippen MR) is 79.5 cm³/mol. The molecule has 0 spiro atoms. The van der Waals surface area contributed by atoms with Crippen LogP contribution in [0, 0.1) is 5.92 Å². The Kier molecular flexibility index (Phi) is 5.76. The first kappa shape index (κ1) is 15.1. The molecule has 0 aliphatic carbocycles. The first-order valence-electron chi connectivity index (χ1n) is 5.93. The van der Waals surface area contributed by atoms with Gasteiger partial charge in [0.2, 0.25) is 0 Å². The van der Waals surface area contributed by atoms with Crippen molar-refractivity contribution in [2.75, 3.05) is 13.1 Å². The summed E-state index contributed by atoms with van der Waals surface area (Å²) in [5.74, 6) is 1.87. The van der Waals surface area contributed by atoms with Crippen LogP contribution in [0.15, 0.2) is 4.99 Å². The van der Waals surface area contributed by atoms with Crippen LogP contribution in [0.5, 0.6) is 0 Å². The summed E-state index contributed by atoms with van der Waals surface area (Å²) in [7, 11) is 1.73. The molecule has 2 N–H and O–H groups in total. The molecule has 1 atom stereocenters. The summed E-state index contributed by atoms with van der Waals surface area (Å²) in [6.07, 6.45) is 2.45. The van der Waals surface area contributed by atoms with Gasteiger partial charge in [0.25, 0.3) is 0 Å². The van der Waals surface area contributed by atoms with Crippen LogP contribution in [-0.4, -0.2) is 44.2 Å². The van der Waals surface area contributed by atoms with Crippen LogP contribution in [0.4, 0.5) is 0 Å². The molecule has 1 fully saturated rings. The average molecular weight is 365 g/mol. The van der Waals surface area contributed by atoms with Crippen LogP contribution in [0.25, 0.3) is 0 Å². The number of tetrazole rings is 1. The number of aliphatic imine (C=N–C) groups is 1. The number of aromatic nitrogens is 4. The Balaban J connectivity index is 0.00000162. The Morgan fingerprint density at radius 2 is 2.33 bits per heavy atom. The molecule has 8 heteroatoms. The molecule has 1 unspecified atom stereocenters. The summed E-state index contributed by atoms with van der Waals surface area (Å²) in [5.41, 5.74) is 5.96. The molecule has 102 valence electrons. The lowest BCUT2D eigenvalue weighted by Crippen LogP contribution is -2.43. The van der Waals surface area contributed by atoms with E-state index in [0.717, 1.165) is 13.1 Å². The van der Waals surface area contributed by atoms with Crippen molar-refractivity contribution in [2.45, 2.75) is 26.3 Å². The standard InChI is InChI=1S/C10H19N7.HI/c1-8-4-3-5-17(7-8)10(11)12-6-9-13-15-16(2)14-9;/h8H,3-7H2,1-2H3,(H2,11,12);1H. The van der Waals surface area contributed by atoms with E-state index in [1.807, 2.05) is 0 Å². The van der Waals surface area contributed by atoms with Crippen molar-refractivity contribution in [1.29, 1.82) is 0 Å². The lowest BCUT2D eigenvalue weighted by molar-refractivity contribution is 0.270. The summed E-state index contributed by atoms with van der Waals surface area (Å²) in [6.45, 7) is 4.62. The zero-order valence-electron chi connectivity index (χ0n) is 10.8. The SMILES string of the molecule is CC1CCCN(C(N)=NCc2nnn(C)n2)C1.I. The van der Waals surface area contributed by atoms with E-state index in [1.54, 1.807) is 7.05 Å². The molecule has 18 heavy (non-hydrogen) atoms. The van der Waals surface area contributed by atoms with Crippen molar-refractivity contribution in [3.8, 4) is 0 Å². The van der Waals surface area contributed by atoms with Crippen LogP contribution in [0.3, 0.4) is 0 Å². The molecule has 1 aromatic heterocycles. The monoisotopic (exact) mass is 365 g/mol. The van der Waals surface area contributed by atoms with Gasteiger partial charge in [0.15, 0.2) is 11.8 Å². The number of nitrogens with zero attached hydrogens (tertiary/aromatic N) is 6. The summed E-state index contributed by atoms with van der Waals surface area (Å²) in [6, 6.07) is 0. The highest BCUT2D eigenvalue weighted by Gasteiger charge is 2.17. The molecule has 0 radical (unpaired) electrons. The van der Waals surface area contributed by atoms with Crippen LogP contribution in [-0.2, 0) is 13.6 Å². The first-order chi connectivity index (χ1) is 8.15. The number of guanidine groups is 1. The van der Waals surface area contributed by atoms with Crippen LogP contribution >= 0.6 is 24.0 Å². The van der Waals surface area contributed by atoms with Gasteiger partial charge in [0, 0.05) is 13.1 Å². The second-order valence-corrected chi connectivity index (χ2v) is 4.56. The summed E-state index contributed by atoms with van der Waals surface area (Å²) in [4.78, 5) is 7.86. The van der Waals surface area contributed by atoms with Crippen molar-refractivity contribution >= 4 is 29.9 Å². The second kappa shape index (κ2) is 6.86. The van der Waals surface area contributed by atoms with E-state index < -0.39 is 0 Å². The minimum absolute atomic E-state index is 0. The van der Waals surface area contributed by atoms with Gasteiger partial charge in [0.05, 0.1) is 7.05 Å². The molecule has 2 rings (SSSR count). The summed E-state index contributed by atoms with van der Waals surface area (Å²) >= 11 is 0. The molecule has 1 saturated heterocycles. The Bertz CT molecular complexity index is 403. The second-order valence-electron chi connectivity index (χ2n) is 4.56. The Morgan fingerprint density at radius 3 is 2.94 bits per heavy atom. The normalized spacial score (nSPS) is 20.7. The van der Waals surface area contributed by atoms with Crippen LogP contribution in [0.1, 0.15) is 25.6 Å². The zero-order chi connectivity index (χ0) is 12.3. The number of aryl methyl sites for hydroxylation is 1. The molecule has 1 aliphatic heterocycles. The largest absolute Gasteiger partial charge is 0.370 e. The highest BCUT2D eigenvalue weighted by molar-refractivity contribution is 14.0. The molecule has 0 saturated carbocycles. The molecule has 0 amide bonds. The van der Waals surface area contributed by atoms with Crippen molar-refractivity contribution < 1.29 is 0 Å². The Morgan fingerprint density at radius 1 is 1.56 bits per heavy atom. The minimum atomic E-state index is 0. The molecule has 1 aliphatic rings. The Labute approximate surface area is 124 Å². The van der Waals surface area contributed by atoms with Crippen molar-refractivity contribution in [3.63, 3.8) is 0 Å². The summed E-state index contributed by atoms with van der Waals surface area (Å²) < 4.78 is 0. The van der Waals surface area contributed by atoms with Gasteiger partial charge in [-0.15, -0.1) is 34.2 Å². The molecule has 0 aromatic carbocycles. The number of rotatable bonds is 2. The van der Waals surface area contributed by atoms with Crippen LogP contribution in [0.2, 0.25) is 0 Å². The quantitative estimate of drug-likeness (QED) is 0.465. The van der Waals surface area contributed by atoms with Gasteiger partial charge in [-0.2, -0.15) is 4.80 Å². The predicted octanol–water partition coefficient (Wildman–Crippen LogP) is 0.375. The third-order valence-corrected chi connectivity index (χ3v) is 2.91. The van der Waals surface area contributed by atoms with E-state index in [0.29, 0.717) is 24.2 Å². The van der Waals surface area contributed by atoms with Crippen molar-refractivity contribution in [3.05, 3.63) is 5.82 Å². The van der Waals surface area contributed by atoms with E-state index in [9.17, 15) is 0 Å². The number of hydrogen-bond acceptors (Lipinski definition) is 4. The fraction of sp³-hybridized carbons (Fsp3) is 0.800. The van der Waals surface area contributed by atoms with Gasteiger partial charge in [-0.3, -0.25) is 0 Å². The molecule has 2 heterocycles. The van der Waals surface area contributed by atoms with Gasteiger partial charge in [0.1, 0.15) is 6.54 Å². The first-order valence-corrected chi connectivity index (χ1v) is 5.93. The third-order valence-electron chi connectivity index (χ3n) is 2.91. The zero-order valence-corrected chi connectivity index (χ0v) is 13.1. The van der Waals surface area contributed by atoms with E-state index in [4.69, 9.17) is 5.73 Å². The molecular weight excluding hydrogens is 345 g/mol. The maximum atomic E-state index is 5.96. The highest BCUT2D eigenvalue weighted by Crippen LogP contribution is 2.14. The number of likely N-dealkylation sites (tertiary alicyclic amines) is 1. The van der Waals surface area contributed by atoms with E-state index >= 15 is 0 Å². The molecule has 7 nitrogen and oxygen atoms in total. The average Bonchev–Trinajstić information content (AvgIpc) is 2.72. The maximum Gasteiger partial charge on any atom is 0.196 e. The van der Waals surface area contributed by atoms with E-state index in [1.165, 1.54) is 17.6 Å².